The molecule has 4 heterocycles. The summed E-state index contributed by atoms with van der Waals surface area (Å²) in [7, 11) is 0. The Morgan fingerprint density at radius 2 is 2.25 bits per heavy atom. The molecule has 5 rings (SSSR count). The van der Waals surface area contributed by atoms with Gasteiger partial charge < -0.3 is 14.6 Å². The molecule has 6 nitrogen and oxygen atoms in total. The highest BCUT2D eigenvalue weighted by Crippen LogP contribution is 2.41. The number of hydrogen-bond acceptors (Lipinski definition) is 4. The van der Waals surface area contributed by atoms with E-state index in [0.717, 1.165) is 36.2 Å². The van der Waals surface area contributed by atoms with Crippen molar-refractivity contribution >= 4 is 29.3 Å². The Labute approximate surface area is 162 Å². The lowest BCUT2D eigenvalue weighted by molar-refractivity contribution is -0.125. The number of carbonyl (C=O) groups is 2. The van der Waals surface area contributed by atoms with Gasteiger partial charge in [-0.2, -0.15) is 0 Å². The van der Waals surface area contributed by atoms with Gasteiger partial charge in [-0.25, -0.2) is 4.98 Å². The lowest BCUT2D eigenvalue weighted by Gasteiger charge is -2.16. The van der Waals surface area contributed by atoms with E-state index >= 15 is 0 Å². The van der Waals surface area contributed by atoms with Crippen LogP contribution in [-0.2, 0) is 16.0 Å². The molecule has 0 saturated carbocycles. The molecular formula is C22H21N3O3. The van der Waals surface area contributed by atoms with Crippen molar-refractivity contribution in [2.45, 2.75) is 19.3 Å². The Morgan fingerprint density at radius 3 is 3.07 bits per heavy atom. The summed E-state index contributed by atoms with van der Waals surface area (Å²) < 4.78 is 5.18. The quantitative estimate of drug-likeness (QED) is 0.837. The van der Waals surface area contributed by atoms with E-state index < -0.39 is 0 Å². The summed E-state index contributed by atoms with van der Waals surface area (Å²) in [5.41, 5.74) is 4.38. The molecule has 28 heavy (non-hydrogen) atoms. The topological polar surface area (TPSA) is 75.4 Å². The lowest BCUT2D eigenvalue weighted by Crippen LogP contribution is -2.27. The molecule has 0 spiro atoms. The number of pyridine rings is 1. The highest BCUT2D eigenvalue weighted by Gasteiger charge is 2.37. The van der Waals surface area contributed by atoms with Gasteiger partial charge in [-0.15, -0.1) is 0 Å². The van der Waals surface area contributed by atoms with Crippen molar-refractivity contribution in [2.75, 3.05) is 18.4 Å². The number of allylic oxidation sites excluding steroid dienone is 1. The van der Waals surface area contributed by atoms with Gasteiger partial charge in [-0.1, -0.05) is 6.08 Å². The van der Waals surface area contributed by atoms with Gasteiger partial charge >= 0.3 is 0 Å². The molecule has 0 radical (unpaired) electrons. The van der Waals surface area contributed by atoms with Crippen molar-refractivity contribution in [3.8, 4) is 0 Å². The SMILES string of the molecule is O=C1CCc2cc(C=CC(=O)N3CC4C=C(c5ccoc5)CC4C3)cnc2N1. The highest BCUT2D eigenvalue weighted by molar-refractivity contribution is 5.94. The minimum absolute atomic E-state index is 0.00280. The van der Waals surface area contributed by atoms with Crippen molar-refractivity contribution in [1.29, 1.82) is 0 Å². The first-order valence-corrected chi connectivity index (χ1v) is 9.65. The molecule has 2 unspecified atom stereocenters. The number of anilines is 1. The van der Waals surface area contributed by atoms with E-state index in [0.29, 0.717) is 30.5 Å². The number of amides is 2. The minimum atomic E-state index is 0.00280. The average molecular weight is 375 g/mol. The Balaban J connectivity index is 1.23. The maximum absolute atomic E-state index is 12.6. The number of nitrogens with one attached hydrogen (secondary N) is 1. The predicted molar refractivity (Wildman–Crippen MR) is 105 cm³/mol. The predicted octanol–water partition coefficient (Wildman–Crippen LogP) is 3.13. The van der Waals surface area contributed by atoms with Crippen LogP contribution in [-0.4, -0.2) is 34.8 Å². The molecular weight excluding hydrogens is 354 g/mol. The van der Waals surface area contributed by atoms with Crippen LogP contribution in [0.2, 0.25) is 0 Å². The van der Waals surface area contributed by atoms with Crippen LogP contribution in [0.25, 0.3) is 11.6 Å². The Kier molecular flexibility index (Phi) is 4.11. The Bertz CT molecular complexity index is 990. The van der Waals surface area contributed by atoms with Gasteiger partial charge in [-0.05, 0) is 59.6 Å². The molecule has 2 aromatic rings. The smallest absolute Gasteiger partial charge is 0.246 e. The summed E-state index contributed by atoms with van der Waals surface area (Å²) in [6, 6.07) is 3.99. The zero-order valence-electron chi connectivity index (χ0n) is 15.4. The maximum atomic E-state index is 12.6. The molecule has 0 aromatic carbocycles. The van der Waals surface area contributed by atoms with E-state index in [2.05, 4.69) is 16.4 Å². The van der Waals surface area contributed by atoms with Gasteiger partial charge in [0.1, 0.15) is 5.82 Å². The van der Waals surface area contributed by atoms with E-state index in [-0.39, 0.29) is 11.8 Å². The van der Waals surface area contributed by atoms with Crippen LogP contribution in [0.5, 0.6) is 0 Å². The lowest BCUT2D eigenvalue weighted by atomic mass is 9.99. The van der Waals surface area contributed by atoms with E-state index in [1.807, 2.05) is 23.1 Å². The van der Waals surface area contributed by atoms with Crippen LogP contribution >= 0.6 is 0 Å². The number of aromatic nitrogens is 1. The van der Waals surface area contributed by atoms with E-state index in [9.17, 15) is 9.59 Å². The number of rotatable bonds is 3. The minimum Gasteiger partial charge on any atom is -0.472 e. The monoisotopic (exact) mass is 375 g/mol. The van der Waals surface area contributed by atoms with Crippen molar-refractivity contribution in [3.63, 3.8) is 0 Å². The summed E-state index contributed by atoms with van der Waals surface area (Å²) in [5.74, 6) is 1.60. The van der Waals surface area contributed by atoms with Crippen LogP contribution < -0.4 is 5.32 Å². The number of carbonyl (C=O) groups excluding carboxylic acids is 2. The maximum Gasteiger partial charge on any atom is 0.246 e. The Morgan fingerprint density at radius 1 is 1.32 bits per heavy atom. The fourth-order valence-electron chi connectivity index (χ4n) is 4.39. The van der Waals surface area contributed by atoms with Crippen LogP contribution in [0.4, 0.5) is 5.82 Å². The number of nitrogens with zero attached hydrogens (tertiary/aromatic N) is 2. The number of hydrogen-bond donors (Lipinski definition) is 1. The molecule has 3 aliphatic rings. The molecule has 1 N–H and O–H groups in total. The molecule has 0 bridgehead atoms. The van der Waals surface area contributed by atoms with Gasteiger partial charge in [0.25, 0.3) is 0 Å². The molecule has 142 valence electrons. The van der Waals surface area contributed by atoms with Crippen LogP contribution in [0, 0.1) is 11.8 Å². The summed E-state index contributed by atoms with van der Waals surface area (Å²) in [5, 5.41) is 2.77. The molecule has 1 fully saturated rings. The summed E-state index contributed by atoms with van der Waals surface area (Å²) >= 11 is 0. The zero-order valence-corrected chi connectivity index (χ0v) is 15.4. The van der Waals surface area contributed by atoms with Crippen molar-refractivity contribution in [1.82, 2.24) is 9.88 Å². The van der Waals surface area contributed by atoms with Crippen molar-refractivity contribution < 1.29 is 14.0 Å². The molecule has 2 atom stereocenters. The molecule has 2 aromatic heterocycles. The second-order valence-electron chi connectivity index (χ2n) is 7.73. The summed E-state index contributed by atoms with van der Waals surface area (Å²) in [6.07, 6.45) is 13.1. The zero-order chi connectivity index (χ0) is 19.1. The molecule has 2 amide bonds. The molecule has 2 aliphatic heterocycles. The standard InChI is InChI=1S/C22H21N3O3/c26-20-3-2-15-7-14(10-23-22(15)24-20)1-4-21(27)25-11-18-8-17(9-19(18)12-25)16-5-6-28-13-16/h1,4-8,10,13,18-19H,2-3,9,11-12H2,(H,23,24,26). The molecule has 6 heteroatoms. The average Bonchev–Trinajstić information content (AvgIpc) is 3.41. The number of aryl methyl sites for hydroxylation is 1. The van der Waals surface area contributed by atoms with Gasteiger partial charge in [0.15, 0.2) is 0 Å². The van der Waals surface area contributed by atoms with Gasteiger partial charge in [0.05, 0.1) is 12.5 Å². The van der Waals surface area contributed by atoms with E-state index in [1.54, 1.807) is 24.8 Å². The van der Waals surface area contributed by atoms with Gasteiger partial charge in [-0.3, -0.25) is 9.59 Å². The normalized spacial score (nSPS) is 23.5. The van der Waals surface area contributed by atoms with Gasteiger partial charge in [0, 0.05) is 37.3 Å². The fraction of sp³-hybridized carbons (Fsp3) is 0.318. The molecule has 1 aliphatic carbocycles. The number of furan rings is 1. The summed E-state index contributed by atoms with van der Waals surface area (Å²) in [6.45, 7) is 1.56. The van der Waals surface area contributed by atoms with Crippen molar-refractivity contribution in [2.24, 2.45) is 11.8 Å². The third kappa shape index (κ3) is 3.15. The van der Waals surface area contributed by atoms with Crippen LogP contribution in [0.1, 0.15) is 29.5 Å². The highest BCUT2D eigenvalue weighted by atomic mass is 16.3. The first-order valence-electron chi connectivity index (χ1n) is 9.65. The number of likely N-dealkylation sites (tertiary alicyclic amines) is 1. The number of fused-ring (bicyclic) bond motifs is 2. The van der Waals surface area contributed by atoms with Gasteiger partial charge in [0.2, 0.25) is 11.8 Å². The first kappa shape index (κ1) is 17.0. The van der Waals surface area contributed by atoms with Crippen molar-refractivity contribution in [3.05, 3.63) is 59.7 Å². The largest absolute Gasteiger partial charge is 0.472 e. The van der Waals surface area contributed by atoms with Crippen LogP contribution in [0.3, 0.4) is 0 Å². The fourth-order valence-corrected chi connectivity index (χ4v) is 4.39. The van der Waals surface area contributed by atoms with E-state index in [1.165, 1.54) is 5.57 Å². The third-order valence-corrected chi connectivity index (χ3v) is 5.88. The van der Waals surface area contributed by atoms with Crippen LogP contribution in [0.15, 0.2) is 47.4 Å². The summed E-state index contributed by atoms with van der Waals surface area (Å²) in [4.78, 5) is 30.3. The molecule has 1 saturated heterocycles. The second-order valence-corrected chi connectivity index (χ2v) is 7.73. The second kappa shape index (κ2) is 6.78. The van der Waals surface area contributed by atoms with E-state index in [4.69, 9.17) is 4.42 Å². The Hall–Kier alpha value is -3.15. The third-order valence-electron chi connectivity index (χ3n) is 5.88. The first-order chi connectivity index (χ1) is 13.7.